The number of hydrogen-bond donors (Lipinski definition) is 1. The molecule has 2 nitrogen and oxygen atoms in total. The first kappa shape index (κ1) is 12.1. The third kappa shape index (κ3) is 3.32. The highest BCUT2D eigenvalue weighted by Gasteiger charge is 2.04. The largest absolute Gasteiger partial charge is 0.323 e. The molecule has 0 fully saturated rings. The molecule has 2 N–H and O–H groups in total. The highest BCUT2D eigenvalue weighted by Crippen LogP contribution is 2.27. The fourth-order valence-corrected chi connectivity index (χ4v) is 2.31. The van der Waals surface area contributed by atoms with Crippen molar-refractivity contribution in [2.75, 3.05) is 0 Å². The van der Waals surface area contributed by atoms with Gasteiger partial charge in [0, 0.05) is 22.0 Å². The van der Waals surface area contributed by atoms with E-state index in [0.29, 0.717) is 0 Å². The van der Waals surface area contributed by atoms with Crippen LogP contribution in [0.25, 0.3) is 0 Å². The molecule has 2 aromatic rings. The maximum Gasteiger partial charge on any atom is 0.0571 e. The molecule has 1 aromatic carbocycles. The summed E-state index contributed by atoms with van der Waals surface area (Å²) in [4.78, 5) is 6.77. The van der Waals surface area contributed by atoms with Gasteiger partial charge < -0.3 is 5.73 Å². The molecule has 0 aliphatic heterocycles. The molecular formula is C14H16N2S. The topological polar surface area (TPSA) is 38.9 Å². The van der Waals surface area contributed by atoms with Gasteiger partial charge in [-0.05, 0) is 30.7 Å². The molecule has 0 amide bonds. The molecular weight excluding hydrogens is 228 g/mol. The van der Waals surface area contributed by atoms with Crippen LogP contribution in [0.3, 0.4) is 0 Å². The van der Waals surface area contributed by atoms with Gasteiger partial charge in [-0.2, -0.15) is 0 Å². The van der Waals surface area contributed by atoms with Crippen molar-refractivity contribution in [1.82, 2.24) is 4.98 Å². The summed E-state index contributed by atoms with van der Waals surface area (Å²) in [5.74, 6) is 0. The maximum absolute atomic E-state index is 5.93. The van der Waals surface area contributed by atoms with E-state index >= 15 is 0 Å². The standard InChI is InChI=1S/C14H16N2S/c1-2-13(15)14-9-8-12(10-16-14)17-11-6-4-3-5-7-11/h3-10,13H,2,15H2,1H3/t13-/m0/s1. The molecule has 0 bridgehead atoms. The summed E-state index contributed by atoms with van der Waals surface area (Å²) in [5, 5.41) is 0. The van der Waals surface area contributed by atoms with Gasteiger partial charge in [-0.1, -0.05) is 36.9 Å². The lowest BCUT2D eigenvalue weighted by molar-refractivity contribution is 0.674. The maximum atomic E-state index is 5.93. The molecule has 0 saturated carbocycles. The number of pyridine rings is 1. The minimum Gasteiger partial charge on any atom is -0.323 e. The van der Waals surface area contributed by atoms with Gasteiger partial charge in [-0.3, -0.25) is 4.98 Å². The highest BCUT2D eigenvalue weighted by atomic mass is 32.2. The summed E-state index contributed by atoms with van der Waals surface area (Å²) in [5.41, 5.74) is 6.89. The molecule has 1 aromatic heterocycles. The van der Waals surface area contributed by atoms with Crippen LogP contribution >= 0.6 is 11.8 Å². The first-order valence-corrected chi connectivity index (χ1v) is 6.55. The van der Waals surface area contributed by atoms with Gasteiger partial charge >= 0.3 is 0 Å². The Morgan fingerprint density at radius 3 is 2.47 bits per heavy atom. The van der Waals surface area contributed by atoms with Gasteiger partial charge in [0.1, 0.15) is 0 Å². The normalized spacial score (nSPS) is 12.4. The molecule has 88 valence electrons. The van der Waals surface area contributed by atoms with Crippen LogP contribution in [0.15, 0.2) is 58.5 Å². The predicted molar refractivity (Wildman–Crippen MR) is 72.0 cm³/mol. The van der Waals surface area contributed by atoms with E-state index in [9.17, 15) is 0 Å². The third-order valence-electron chi connectivity index (χ3n) is 2.56. The Morgan fingerprint density at radius 1 is 1.12 bits per heavy atom. The number of aromatic nitrogens is 1. The first-order valence-electron chi connectivity index (χ1n) is 5.74. The average Bonchev–Trinajstić information content (AvgIpc) is 2.40. The average molecular weight is 244 g/mol. The molecule has 0 saturated heterocycles. The van der Waals surface area contributed by atoms with E-state index in [0.717, 1.165) is 17.0 Å². The zero-order valence-corrected chi connectivity index (χ0v) is 10.7. The fourth-order valence-electron chi connectivity index (χ4n) is 1.51. The molecule has 0 aliphatic rings. The number of benzene rings is 1. The Balaban J connectivity index is 2.08. The van der Waals surface area contributed by atoms with Crippen LogP contribution in [0.1, 0.15) is 25.1 Å². The van der Waals surface area contributed by atoms with Crippen LogP contribution in [0.4, 0.5) is 0 Å². The van der Waals surface area contributed by atoms with Crippen LogP contribution in [0.2, 0.25) is 0 Å². The molecule has 0 radical (unpaired) electrons. The summed E-state index contributed by atoms with van der Waals surface area (Å²) in [6.45, 7) is 2.07. The second-order valence-electron chi connectivity index (χ2n) is 3.85. The second-order valence-corrected chi connectivity index (χ2v) is 5.00. The first-order chi connectivity index (χ1) is 8.29. The molecule has 0 unspecified atom stereocenters. The van der Waals surface area contributed by atoms with E-state index in [1.807, 2.05) is 30.5 Å². The van der Waals surface area contributed by atoms with Crippen molar-refractivity contribution < 1.29 is 0 Å². The van der Waals surface area contributed by atoms with Crippen LogP contribution in [0, 0.1) is 0 Å². The summed E-state index contributed by atoms with van der Waals surface area (Å²) < 4.78 is 0. The Kier molecular flexibility index (Phi) is 4.18. The van der Waals surface area contributed by atoms with Crippen molar-refractivity contribution in [2.24, 2.45) is 5.73 Å². The summed E-state index contributed by atoms with van der Waals surface area (Å²) in [6, 6.07) is 14.4. The van der Waals surface area contributed by atoms with Crippen LogP contribution < -0.4 is 5.73 Å². The number of rotatable bonds is 4. The van der Waals surface area contributed by atoms with Crippen molar-refractivity contribution >= 4 is 11.8 Å². The number of nitrogens with zero attached hydrogens (tertiary/aromatic N) is 1. The quantitative estimate of drug-likeness (QED) is 0.892. The van der Waals surface area contributed by atoms with Crippen LogP contribution in [0.5, 0.6) is 0 Å². The van der Waals surface area contributed by atoms with Crippen molar-refractivity contribution in [3.05, 3.63) is 54.4 Å². The van der Waals surface area contributed by atoms with Crippen molar-refractivity contribution in [1.29, 1.82) is 0 Å². The van der Waals surface area contributed by atoms with Gasteiger partial charge in [0.2, 0.25) is 0 Å². The zero-order chi connectivity index (χ0) is 12.1. The Bertz CT molecular complexity index is 453. The lowest BCUT2D eigenvalue weighted by Gasteiger charge is -2.08. The minimum atomic E-state index is 0.0470. The molecule has 0 aliphatic carbocycles. The van der Waals surface area contributed by atoms with Crippen molar-refractivity contribution in [3.8, 4) is 0 Å². The van der Waals surface area contributed by atoms with Gasteiger partial charge in [-0.15, -0.1) is 0 Å². The van der Waals surface area contributed by atoms with Gasteiger partial charge in [0.05, 0.1) is 5.69 Å². The van der Waals surface area contributed by atoms with Gasteiger partial charge in [0.15, 0.2) is 0 Å². The molecule has 0 spiro atoms. The molecule has 2 rings (SSSR count). The van der Waals surface area contributed by atoms with E-state index in [-0.39, 0.29) is 6.04 Å². The van der Waals surface area contributed by atoms with Crippen molar-refractivity contribution in [2.45, 2.75) is 29.2 Å². The smallest absolute Gasteiger partial charge is 0.0571 e. The lowest BCUT2D eigenvalue weighted by Crippen LogP contribution is -2.10. The van der Waals surface area contributed by atoms with E-state index < -0.39 is 0 Å². The van der Waals surface area contributed by atoms with Crippen molar-refractivity contribution in [3.63, 3.8) is 0 Å². The molecule has 3 heteroatoms. The number of hydrogen-bond acceptors (Lipinski definition) is 3. The second kappa shape index (κ2) is 5.84. The zero-order valence-electron chi connectivity index (χ0n) is 9.84. The van der Waals surface area contributed by atoms with E-state index in [1.165, 1.54) is 4.90 Å². The SMILES string of the molecule is CC[C@H](N)c1ccc(Sc2ccccc2)cn1. The van der Waals surface area contributed by atoms with E-state index in [1.54, 1.807) is 11.8 Å². The van der Waals surface area contributed by atoms with Crippen LogP contribution in [-0.2, 0) is 0 Å². The monoisotopic (exact) mass is 244 g/mol. The lowest BCUT2D eigenvalue weighted by atomic mass is 10.1. The molecule has 1 atom stereocenters. The Hall–Kier alpha value is -1.32. The summed E-state index contributed by atoms with van der Waals surface area (Å²) in [7, 11) is 0. The molecule has 1 heterocycles. The van der Waals surface area contributed by atoms with Gasteiger partial charge in [-0.25, -0.2) is 0 Å². The van der Waals surface area contributed by atoms with Crippen LogP contribution in [-0.4, -0.2) is 4.98 Å². The third-order valence-corrected chi connectivity index (χ3v) is 3.54. The Labute approximate surface area is 106 Å². The summed E-state index contributed by atoms with van der Waals surface area (Å²) >= 11 is 1.71. The minimum absolute atomic E-state index is 0.0470. The summed E-state index contributed by atoms with van der Waals surface area (Å²) in [6.07, 6.45) is 2.81. The fraction of sp³-hybridized carbons (Fsp3) is 0.214. The van der Waals surface area contributed by atoms with E-state index in [2.05, 4.69) is 30.1 Å². The Morgan fingerprint density at radius 2 is 1.88 bits per heavy atom. The van der Waals surface area contributed by atoms with Gasteiger partial charge in [0.25, 0.3) is 0 Å². The highest BCUT2D eigenvalue weighted by molar-refractivity contribution is 7.99. The molecule has 17 heavy (non-hydrogen) atoms. The van der Waals surface area contributed by atoms with E-state index in [4.69, 9.17) is 5.73 Å². The number of nitrogens with two attached hydrogens (primary N) is 1. The predicted octanol–water partition coefficient (Wildman–Crippen LogP) is 3.64.